The van der Waals surface area contributed by atoms with Crippen LogP contribution in [-0.2, 0) is 20.9 Å². The molecule has 0 aliphatic carbocycles. The van der Waals surface area contributed by atoms with Crippen molar-refractivity contribution < 1.29 is 19.4 Å². The van der Waals surface area contributed by atoms with Gasteiger partial charge in [0.2, 0.25) is 0 Å². The van der Waals surface area contributed by atoms with Crippen molar-refractivity contribution in [1.82, 2.24) is 0 Å². The average Bonchev–Trinajstić information content (AvgIpc) is 2.25. The molecule has 1 unspecified atom stereocenters. The van der Waals surface area contributed by atoms with Crippen molar-refractivity contribution >= 4 is 12.3 Å². The second-order valence-corrected chi connectivity index (χ2v) is 3.03. The topological polar surface area (TPSA) is 63.6 Å². The van der Waals surface area contributed by atoms with E-state index in [0.29, 0.717) is 6.29 Å². The van der Waals surface area contributed by atoms with Crippen LogP contribution in [0.4, 0.5) is 0 Å². The molecule has 0 saturated carbocycles. The Morgan fingerprint density at radius 2 is 2.07 bits per heavy atom. The first-order valence-electron chi connectivity index (χ1n) is 4.56. The number of carboxylic acids is 1. The third kappa shape index (κ3) is 3.91. The SMILES string of the molecule is O=CCC(OCc1ccccc1)C(=O)O. The molecular weight excluding hydrogens is 196 g/mol. The van der Waals surface area contributed by atoms with Crippen LogP contribution < -0.4 is 0 Å². The Kier molecular flexibility index (Phi) is 4.50. The molecule has 1 aromatic carbocycles. The number of rotatable bonds is 6. The van der Waals surface area contributed by atoms with Gasteiger partial charge in [-0.2, -0.15) is 0 Å². The number of hydrogen-bond acceptors (Lipinski definition) is 3. The zero-order valence-corrected chi connectivity index (χ0v) is 8.13. The third-order valence-corrected chi connectivity index (χ3v) is 1.88. The summed E-state index contributed by atoms with van der Waals surface area (Å²) in [5.41, 5.74) is 0.884. The lowest BCUT2D eigenvalue weighted by Gasteiger charge is -2.10. The van der Waals surface area contributed by atoms with Gasteiger partial charge in [0, 0.05) is 6.42 Å². The van der Waals surface area contributed by atoms with Gasteiger partial charge in [-0.15, -0.1) is 0 Å². The van der Waals surface area contributed by atoms with Crippen molar-refractivity contribution in [3.63, 3.8) is 0 Å². The first kappa shape index (κ1) is 11.4. The van der Waals surface area contributed by atoms with Gasteiger partial charge in [0.05, 0.1) is 6.61 Å². The number of benzene rings is 1. The van der Waals surface area contributed by atoms with E-state index in [4.69, 9.17) is 9.84 Å². The summed E-state index contributed by atoms with van der Waals surface area (Å²) < 4.78 is 5.10. The van der Waals surface area contributed by atoms with E-state index in [-0.39, 0.29) is 13.0 Å². The first-order chi connectivity index (χ1) is 7.24. The number of aliphatic carboxylic acids is 1. The molecule has 0 aromatic heterocycles. The van der Waals surface area contributed by atoms with Gasteiger partial charge < -0.3 is 14.6 Å². The predicted molar refractivity (Wildman–Crippen MR) is 53.3 cm³/mol. The molecule has 0 heterocycles. The summed E-state index contributed by atoms with van der Waals surface area (Å²) in [7, 11) is 0. The van der Waals surface area contributed by atoms with Crippen molar-refractivity contribution in [2.24, 2.45) is 0 Å². The summed E-state index contributed by atoms with van der Waals surface area (Å²) in [5, 5.41) is 8.70. The van der Waals surface area contributed by atoms with Gasteiger partial charge in [-0.3, -0.25) is 0 Å². The molecule has 80 valence electrons. The van der Waals surface area contributed by atoms with E-state index in [0.717, 1.165) is 5.56 Å². The van der Waals surface area contributed by atoms with Gasteiger partial charge in [0.1, 0.15) is 6.29 Å². The average molecular weight is 208 g/mol. The van der Waals surface area contributed by atoms with Crippen LogP contribution in [0.3, 0.4) is 0 Å². The highest BCUT2D eigenvalue weighted by Crippen LogP contribution is 2.05. The minimum Gasteiger partial charge on any atom is -0.479 e. The molecule has 0 aliphatic rings. The monoisotopic (exact) mass is 208 g/mol. The van der Waals surface area contributed by atoms with Crippen LogP contribution in [-0.4, -0.2) is 23.5 Å². The molecule has 0 bridgehead atoms. The summed E-state index contributed by atoms with van der Waals surface area (Å²) >= 11 is 0. The lowest BCUT2D eigenvalue weighted by Crippen LogP contribution is -2.24. The van der Waals surface area contributed by atoms with E-state index in [9.17, 15) is 9.59 Å². The predicted octanol–water partition coefficient (Wildman–Crippen LogP) is 1.25. The maximum absolute atomic E-state index is 10.6. The lowest BCUT2D eigenvalue weighted by atomic mass is 10.2. The Hall–Kier alpha value is -1.68. The van der Waals surface area contributed by atoms with Gasteiger partial charge in [0.25, 0.3) is 0 Å². The smallest absolute Gasteiger partial charge is 0.333 e. The minimum atomic E-state index is -1.11. The number of aldehydes is 1. The maximum atomic E-state index is 10.6. The first-order valence-corrected chi connectivity index (χ1v) is 4.56. The third-order valence-electron chi connectivity index (χ3n) is 1.88. The molecule has 1 N–H and O–H groups in total. The Bertz CT molecular complexity index is 321. The normalized spacial score (nSPS) is 12.0. The lowest BCUT2D eigenvalue weighted by molar-refractivity contribution is -0.152. The molecule has 1 rings (SSSR count). The number of carbonyl (C=O) groups is 2. The molecule has 1 atom stereocenters. The molecule has 4 heteroatoms. The molecular formula is C11H12O4. The number of carboxylic acid groups (broad SMARTS) is 1. The van der Waals surface area contributed by atoms with Crippen molar-refractivity contribution in [1.29, 1.82) is 0 Å². The van der Waals surface area contributed by atoms with Gasteiger partial charge >= 0.3 is 5.97 Å². The molecule has 0 saturated heterocycles. The molecule has 0 fully saturated rings. The van der Waals surface area contributed by atoms with Gasteiger partial charge in [-0.05, 0) is 5.56 Å². The van der Waals surface area contributed by atoms with E-state index < -0.39 is 12.1 Å². The highest BCUT2D eigenvalue weighted by molar-refractivity contribution is 5.75. The van der Waals surface area contributed by atoms with Crippen LogP contribution in [0, 0.1) is 0 Å². The van der Waals surface area contributed by atoms with Crippen molar-refractivity contribution in [3.05, 3.63) is 35.9 Å². The highest BCUT2D eigenvalue weighted by atomic mass is 16.5. The molecule has 0 aliphatic heterocycles. The second-order valence-electron chi connectivity index (χ2n) is 3.03. The fraction of sp³-hybridized carbons (Fsp3) is 0.273. The van der Waals surface area contributed by atoms with Gasteiger partial charge in [-0.25, -0.2) is 4.79 Å². The molecule has 1 aromatic rings. The quantitative estimate of drug-likeness (QED) is 0.714. The Balaban J connectivity index is 2.47. The molecule has 0 amide bonds. The van der Waals surface area contributed by atoms with Crippen molar-refractivity contribution in [3.8, 4) is 0 Å². The number of ether oxygens (including phenoxy) is 1. The summed E-state index contributed by atoms with van der Waals surface area (Å²) in [6, 6.07) is 9.21. The fourth-order valence-corrected chi connectivity index (χ4v) is 1.10. The van der Waals surface area contributed by atoms with Crippen LogP contribution >= 0.6 is 0 Å². The Morgan fingerprint density at radius 1 is 1.40 bits per heavy atom. The van der Waals surface area contributed by atoms with E-state index >= 15 is 0 Å². The van der Waals surface area contributed by atoms with Crippen molar-refractivity contribution in [2.75, 3.05) is 0 Å². The second kappa shape index (κ2) is 5.93. The van der Waals surface area contributed by atoms with E-state index in [1.807, 2.05) is 30.3 Å². The molecule has 0 radical (unpaired) electrons. The molecule has 15 heavy (non-hydrogen) atoms. The molecule has 0 spiro atoms. The van der Waals surface area contributed by atoms with Crippen LogP contribution in [0.5, 0.6) is 0 Å². The van der Waals surface area contributed by atoms with E-state index in [1.54, 1.807) is 0 Å². The largest absolute Gasteiger partial charge is 0.479 e. The summed E-state index contributed by atoms with van der Waals surface area (Å²) in [6.07, 6.45) is -0.630. The zero-order valence-electron chi connectivity index (χ0n) is 8.13. The minimum absolute atomic E-state index is 0.123. The standard InChI is InChI=1S/C11H12O4/c12-7-6-10(11(13)14)15-8-9-4-2-1-3-5-9/h1-5,7,10H,6,8H2,(H,13,14). The molecule has 4 nitrogen and oxygen atoms in total. The number of hydrogen-bond donors (Lipinski definition) is 1. The van der Waals surface area contributed by atoms with Crippen molar-refractivity contribution in [2.45, 2.75) is 19.1 Å². The maximum Gasteiger partial charge on any atom is 0.333 e. The summed E-state index contributed by atoms with van der Waals surface area (Å²) in [4.78, 5) is 20.8. The zero-order chi connectivity index (χ0) is 11.1. The number of carbonyl (C=O) groups excluding carboxylic acids is 1. The van der Waals surface area contributed by atoms with Crippen LogP contribution in [0.1, 0.15) is 12.0 Å². The van der Waals surface area contributed by atoms with Crippen LogP contribution in [0.25, 0.3) is 0 Å². The van der Waals surface area contributed by atoms with Gasteiger partial charge in [0.15, 0.2) is 6.10 Å². The fourth-order valence-electron chi connectivity index (χ4n) is 1.10. The van der Waals surface area contributed by atoms with Crippen LogP contribution in [0.15, 0.2) is 30.3 Å². The van der Waals surface area contributed by atoms with E-state index in [2.05, 4.69) is 0 Å². The van der Waals surface area contributed by atoms with Gasteiger partial charge in [-0.1, -0.05) is 30.3 Å². The Morgan fingerprint density at radius 3 is 2.60 bits per heavy atom. The summed E-state index contributed by atoms with van der Waals surface area (Å²) in [5.74, 6) is -1.11. The summed E-state index contributed by atoms with van der Waals surface area (Å²) in [6.45, 7) is 0.200. The van der Waals surface area contributed by atoms with Crippen LogP contribution in [0.2, 0.25) is 0 Å². The Labute approximate surface area is 87.5 Å². The highest BCUT2D eigenvalue weighted by Gasteiger charge is 2.16. The van der Waals surface area contributed by atoms with E-state index in [1.165, 1.54) is 0 Å².